The highest BCUT2D eigenvalue weighted by molar-refractivity contribution is 5.53. The van der Waals surface area contributed by atoms with Gasteiger partial charge in [0.05, 0.1) is 32.2 Å². The molecule has 11 heteroatoms. The quantitative estimate of drug-likeness (QED) is 0.337. The van der Waals surface area contributed by atoms with Gasteiger partial charge in [-0.15, -0.1) is 0 Å². The Morgan fingerprint density at radius 1 is 1.06 bits per heavy atom. The highest BCUT2D eigenvalue weighted by Gasteiger charge is 2.11. The number of hydrogen-bond acceptors (Lipinski definition) is 10. The lowest BCUT2D eigenvalue weighted by Gasteiger charge is -2.11. The fourth-order valence-electron chi connectivity index (χ4n) is 2.86. The van der Waals surface area contributed by atoms with Crippen LogP contribution in [0.3, 0.4) is 0 Å². The number of rotatable bonds is 10. The number of aromatic nitrogens is 5. The van der Waals surface area contributed by atoms with E-state index >= 15 is 0 Å². The Bertz CT molecular complexity index is 1120. The summed E-state index contributed by atoms with van der Waals surface area (Å²) in [6.07, 6.45) is 4.68. The van der Waals surface area contributed by atoms with Crippen molar-refractivity contribution in [3.05, 3.63) is 60.6 Å². The molecule has 3 N–H and O–H groups in total. The fraction of sp³-hybridized carbons (Fsp3) is 0.238. The van der Waals surface area contributed by atoms with E-state index in [1.165, 1.54) is 6.39 Å². The molecule has 0 amide bonds. The number of oxazole rings is 1. The molecule has 0 spiro atoms. The minimum atomic E-state index is -0.128. The molecule has 4 rings (SSSR count). The third-order valence-corrected chi connectivity index (χ3v) is 4.49. The van der Waals surface area contributed by atoms with E-state index in [1.54, 1.807) is 50.9 Å². The summed E-state index contributed by atoms with van der Waals surface area (Å²) in [4.78, 5) is 12.6. The average molecular weight is 437 g/mol. The van der Waals surface area contributed by atoms with Gasteiger partial charge < -0.3 is 29.3 Å². The van der Waals surface area contributed by atoms with Gasteiger partial charge in [-0.1, -0.05) is 0 Å². The van der Waals surface area contributed by atoms with Crippen molar-refractivity contribution in [2.75, 3.05) is 24.9 Å². The van der Waals surface area contributed by atoms with Crippen LogP contribution in [0.1, 0.15) is 24.4 Å². The van der Waals surface area contributed by atoms with E-state index in [0.717, 1.165) is 5.69 Å². The van der Waals surface area contributed by atoms with Gasteiger partial charge in [0.1, 0.15) is 35.4 Å². The van der Waals surface area contributed by atoms with Gasteiger partial charge >= 0.3 is 0 Å². The summed E-state index contributed by atoms with van der Waals surface area (Å²) in [5, 5.41) is 13.5. The highest BCUT2D eigenvalue weighted by Crippen LogP contribution is 2.28. The molecule has 0 aliphatic carbocycles. The summed E-state index contributed by atoms with van der Waals surface area (Å²) in [5.41, 5.74) is 0.778. The first-order chi connectivity index (χ1) is 15.6. The molecular formula is C21H23N7O4. The number of aromatic amines is 1. The second-order valence-corrected chi connectivity index (χ2v) is 6.78. The predicted molar refractivity (Wildman–Crippen MR) is 116 cm³/mol. The Labute approximate surface area is 184 Å². The Hall–Kier alpha value is -4.28. The average Bonchev–Trinajstić information content (AvgIpc) is 3.50. The van der Waals surface area contributed by atoms with Crippen LogP contribution in [0.25, 0.3) is 0 Å². The molecule has 0 radical (unpaired) electrons. The zero-order chi connectivity index (χ0) is 22.3. The maximum Gasteiger partial charge on any atom is 0.225 e. The molecule has 11 nitrogen and oxygen atoms in total. The lowest BCUT2D eigenvalue weighted by molar-refractivity contribution is 0.296. The highest BCUT2D eigenvalue weighted by atomic mass is 16.5. The first kappa shape index (κ1) is 21.0. The van der Waals surface area contributed by atoms with E-state index < -0.39 is 0 Å². The monoisotopic (exact) mass is 437 g/mol. The smallest absolute Gasteiger partial charge is 0.225 e. The standard InChI is InChI=1S/C21H23N7O4/c1-13(18-10-22-12-32-18)24-21-23-5-4-19(26-21)25-20-6-14(27-28-20)11-31-17-8-15(29-2)7-16(9-17)30-3/h4-10,12-13H,11H2,1-3H3,(H3,23,24,25,26,27,28). The Balaban J connectivity index is 1.36. The van der Waals surface area contributed by atoms with Crippen molar-refractivity contribution >= 4 is 17.6 Å². The van der Waals surface area contributed by atoms with Crippen molar-refractivity contribution in [1.29, 1.82) is 0 Å². The summed E-state index contributed by atoms with van der Waals surface area (Å²) in [7, 11) is 3.18. The molecule has 0 aliphatic heterocycles. The fourth-order valence-corrected chi connectivity index (χ4v) is 2.86. The van der Waals surface area contributed by atoms with E-state index in [0.29, 0.717) is 40.6 Å². The minimum absolute atomic E-state index is 0.128. The van der Waals surface area contributed by atoms with E-state index in [-0.39, 0.29) is 12.6 Å². The normalized spacial score (nSPS) is 11.6. The molecule has 1 aromatic carbocycles. The maximum absolute atomic E-state index is 5.83. The van der Waals surface area contributed by atoms with Gasteiger partial charge in [0.2, 0.25) is 5.95 Å². The van der Waals surface area contributed by atoms with Crippen molar-refractivity contribution in [2.45, 2.75) is 19.6 Å². The maximum atomic E-state index is 5.83. The van der Waals surface area contributed by atoms with Crippen LogP contribution in [0, 0.1) is 0 Å². The summed E-state index contributed by atoms with van der Waals surface area (Å²) in [5.74, 6) is 4.25. The molecule has 0 saturated carbocycles. The Morgan fingerprint density at radius 2 is 1.84 bits per heavy atom. The zero-order valence-electron chi connectivity index (χ0n) is 17.8. The van der Waals surface area contributed by atoms with Gasteiger partial charge in [-0.25, -0.2) is 9.97 Å². The summed E-state index contributed by atoms with van der Waals surface area (Å²) in [6.45, 7) is 2.22. The van der Waals surface area contributed by atoms with Gasteiger partial charge in [-0.3, -0.25) is 5.10 Å². The van der Waals surface area contributed by atoms with Gasteiger partial charge in [0, 0.05) is 30.5 Å². The molecule has 0 fully saturated rings. The lowest BCUT2D eigenvalue weighted by atomic mass is 10.3. The molecule has 4 aromatic rings. The SMILES string of the molecule is COc1cc(OC)cc(OCc2cc(Nc3ccnc(NC(C)c4cnco4)n3)n[nH]2)c1. The first-order valence-electron chi connectivity index (χ1n) is 9.78. The van der Waals surface area contributed by atoms with Crippen LogP contribution in [-0.2, 0) is 6.61 Å². The number of nitrogens with one attached hydrogen (secondary N) is 3. The Morgan fingerprint density at radius 3 is 2.56 bits per heavy atom. The third kappa shape index (κ3) is 5.25. The number of H-pyrrole nitrogens is 1. The van der Waals surface area contributed by atoms with Crippen molar-refractivity contribution in [3.8, 4) is 17.2 Å². The molecule has 1 atom stereocenters. The van der Waals surface area contributed by atoms with E-state index in [2.05, 4.69) is 35.8 Å². The zero-order valence-corrected chi connectivity index (χ0v) is 17.8. The van der Waals surface area contributed by atoms with Crippen LogP contribution >= 0.6 is 0 Å². The van der Waals surface area contributed by atoms with Crippen LogP contribution in [0.4, 0.5) is 17.6 Å². The number of benzene rings is 1. The number of anilines is 3. The van der Waals surface area contributed by atoms with Gasteiger partial charge in [-0.2, -0.15) is 10.1 Å². The second kappa shape index (κ2) is 9.69. The van der Waals surface area contributed by atoms with Crippen LogP contribution in [0.15, 0.2) is 53.5 Å². The summed E-state index contributed by atoms with van der Waals surface area (Å²) < 4.78 is 21.6. The molecule has 3 heterocycles. The lowest BCUT2D eigenvalue weighted by Crippen LogP contribution is -2.09. The summed E-state index contributed by atoms with van der Waals surface area (Å²) in [6, 6.07) is 8.81. The minimum Gasteiger partial charge on any atom is -0.496 e. The van der Waals surface area contributed by atoms with E-state index in [9.17, 15) is 0 Å². The molecule has 0 bridgehead atoms. The predicted octanol–water partition coefficient (Wildman–Crippen LogP) is 3.70. The number of hydrogen-bond donors (Lipinski definition) is 3. The molecule has 3 aromatic heterocycles. The van der Waals surface area contributed by atoms with Gasteiger partial charge in [-0.05, 0) is 13.0 Å². The number of nitrogens with zero attached hydrogens (tertiary/aromatic N) is 4. The molecule has 0 saturated heterocycles. The number of methoxy groups -OCH3 is 2. The topological polar surface area (TPSA) is 132 Å². The molecule has 166 valence electrons. The first-order valence-corrected chi connectivity index (χ1v) is 9.78. The molecule has 0 aliphatic rings. The second-order valence-electron chi connectivity index (χ2n) is 6.78. The molecule has 1 unspecified atom stereocenters. The van der Waals surface area contributed by atoms with E-state index in [1.807, 2.05) is 13.0 Å². The largest absolute Gasteiger partial charge is 0.496 e. The van der Waals surface area contributed by atoms with Gasteiger partial charge in [0.25, 0.3) is 0 Å². The van der Waals surface area contributed by atoms with Crippen molar-refractivity contribution in [1.82, 2.24) is 25.1 Å². The summed E-state index contributed by atoms with van der Waals surface area (Å²) >= 11 is 0. The molecule has 32 heavy (non-hydrogen) atoms. The van der Waals surface area contributed by atoms with Gasteiger partial charge in [0.15, 0.2) is 12.2 Å². The molecular weight excluding hydrogens is 414 g/mol. The van der Waals surface area contributed by atoms with Crippen LogP contribution < -0.4 is 24.8 Å². The Kier molecular flexibility index (Phi) is 6.35. The van der Waals surface area contributed by atoms with Crippen molar-refractivity contribution in [3.63, 3.8) is 0 Å². The number of ether oxygens (including phenoxy) is 3. The van der Waals surface area contributed by atoms with Crippen molar-refractivity contribution in [2.24, 2.45) is 0 Å². The third-order valence-electron chi connectivity index (χ3n) is 4.49. The van der Waals surface area contributed by atoms with E-state index in [4.69, 9.17) is 18.6 Å². The van der Waals surface area contributed by atoms with Crippen LogP contribution in [-0.4, -0.2) is 39.4 Å². The van der Waals surface area contributed by atoms with Crippen LogP contribution in [0.5, 0.6) is 17.2 Å². The van der Waals surface area contributed by atoms with Crippen molar-refractivity contribution < 1.29 is 18.6 Å². The van der Waals surface area contributed by atoms with Crippen LogP contribution in [0.2, 0.25) is 0 Å².